The molecule has 1 fully saturated rings. The van der Waals surface area contributed by atoms with Crippen LogP contribution in [0.3, 0.4) is 0 Å². The highest BCUT2D eigenvalue weighted by atomic mass is 35.5. The molecule has 2 unspecified atom stereocenters. The third kappa shape index (κ3) is 5.89. The maximum Gasteiger partial charge on any atom is 0.309 e. The summed E-state index contributed by atoms with van der Waals surface area (Å²) in [4.78, 5) is 11.0. The Hall–Kier alpha value is -0.0300. The Morgan fingerprint density at radius 2 is 2.25 bits per heavy atom. The Morgan fingerprint density at radius 1 is 1.56 bits per heavy atom. The zero-order chi connectivity index (χ0) is 10.4. The lowest BCUT2D eigenvalue weighted by Crippen LogP contribution is -2.45. The molecule has 4 nitrogen and oxygen atoms in total. The lowest BCUT2D eigenvalue weighted by molar-refractivity contribution is -0.148. The molecule has 1 heterocycles. The van der Waals surface area contributed by atoms with Gasteiger partial charge in [-0.3, -0.25) is 4.79 Å². The van der Waals surface area contributed by atoms with Crippen molar-refractivity contribution in [1.29, 1.82) is 0 Å². The van der Waals surface area contributed by atoms with Crippen molar-refractivity contribution in [2.45, 2.75) is 32.3 Å². The summed E-state index contributed by atoms with van der Waals surface area (Å²) in [6.45, 7) is 4.19. The number of carbonyl (C=O) groups is 1. The van der Waals surface area contributed by atoms with Crippen molar-refractivity contribution < 1.29 is 14.6 Å². The molecule has 0 bridgehead atoms. The SMILES string of the molecule is CCCCC(C(=O)O)C1CNCCO1.Cl.Cl. The Morgan fingerprint density at radius 3 is 2.69 bits per heavy atom. The first-order valence-corrected chi connectivity index (χ1v) is 5.30. The van der Waals surface area contributed by atoms with Gasteiger partial charge in [-0.1, -0.05) is 19.8 Å². The molecule has 98 valence electrons. The zero-order valence-electron chi connectivity index (χ0n) is 9.48. The molecule has 0 aromatic rings. The smallest absolute Gasteiger partial charge is 0.309 e. The minimum atomic E-state index is -0.729. The van der Waals surface area contributed by atoms with Crippen molar-refractivity contribution >= 4 is 30.8 Å². The summed E-state index contributed by atoms with van der Waals surface area (Å²) in [5, 5.41) is 12.2. The monoisotopic (exact) mass is 273 g/mol. The molecule has 2 N–H and O–H groups in total. The summed E-state index contributed by atoms with van der Waals surface area (Å²) in [6.07, 6.45) is 2.56. The first kappa shape index (κ1) is 18.3. The van der Waals surface area contributed by atoms with Crippen LogP contribution >= 0.6 is 24.8 Å². The summed E-state index contributed by atoms with van der Waals surface area (Å²) >= 11 is 0. The quantitative estimate of drug-likeness (QED) is 0.801. The average Bonchev–Trinajstić information content (AvgIpc) is 2.19. The normalized spacial score (nSPS) is 21.4. The molecule has 16 heavy (non-hydrogen) atoms. The first-order valence-electron chi connectivity index (χ1n) is 5.30. The van der Waals surface area contributed by atoms with Crippen LogP contribution in [0.2, 0.25) is 0 Å². The summed E-state index contributed by atoms with van der Waals surface area (Å²) < 4.78 is 5.46. The lowest BCUT2D eigenvalue weighted by atomic mass is 9.95. The molecule has 1 saturated heterocycles. The van der Waals surface area contributed by atoms with E-state index in [1.807, 2.05) is 0 Å². The highest BCUT2D eigenvalue weighted by molar-refractivity contribution is 5.85. The standard InChI is InChI=1S/C10H19NO3.2ClH/c1-2-3-4-8(10(12)13)9-7-11-5-6-14-9;;/h8-9,11H,2-7H2,1H3,(H,12,13);2*1H. The molecule has 0 radical (unpaired) electrons. The molecular weight excluding hydrogens is 253 g/mol. The number of aliphatic carboxylic acids is 1. The number of morpholine rings is 1. The van der Waals surface area contributed by atoms with Crippen LogP contribution in [0.4, 0.5) is 0 Å². The number of nitrogens with one attached hydrogen (secondary N) is 1. The second-order valence-corrected chi connectivity index (χ2v) is 3.70. The molecule has 1 aliphatic heterocycles. The summed E-state index contributed by atoms with van der Waals surface area (Å²) in [5.41, 5.74) is 0. The van der Waals surface area contributed by atoms with E-state index in [1.54, 1.807) is 0 Å². The number of hydrogen-bond donors (Lipinski definition) is 2. The van der Waals surface area contributed by atoms with Crippen LogP contribution in [-0.2, 0) is 9.53 Å². The molecule has 1 aliphatic rings. The van der Waals surface area contributed by atoms with Gasteiger partial charge in [0.05, 0.1) is 18.6 Å². The summed E-state index contributed by atoms with van der Waals surface area (Å²) in [7, 11) is 0. The summed E-state index contributed by atoms with van der Waals surface area (Å²) in [5.74, 6) is -1.07. The first-order chi connectivity index (χ1) is 6.75. The number of rotatable bonds is 5. The second-order valence-electron chi connectivity index (χ2n) is 3.70. The highest BCUT2D eigenvalue weighted by Crippen LogP contribution is 2.17. The van der Waals surface area contributed by atoms with Gasteiger partial charge in [0.2, 0.25) is 0 Å². The Labute approximate surface area is 109 Å². The van der Waals surface area contributed by atoms with Gasteiger partial charge in [-0.2, -0.15) is 0 Å². The number of unbranched alkanes of at least 4 members (excludes halogenated alkanes) is 1. The predicted octanol–water partition coefficient (Wildman–Crippen LogP) is 1.71. The van der Waals surface area contributed by atoms with Crippen molar-refractivity contribution in [3.05, 3.63) is 0 Å². The third-order valence-electron chi connectivity index (χ3n) is 2.59. The van der Waals surface area contributed by atoms with Gasteiger partial charge in [-0.15, -0.1) is 24.8 Å². The van der Waals surface area contributed by atoms with E-state index in [1.165, 1.54) is 0 Å². The Balaban J connectivity index is 0. The predicted molar refractivity (Wildman–Crippen MR) is 67.8 cm³/mol. The second kappa shape index (κ2) is 10.1. The van der Waals surface area contributed by atoms with E-state index < -0.39 is 5.97 Å². The minimum Gasteiger partial charge on any atom is -0.481 e. The molecule has 0 spiro atoms. The number of ether oxygens (including phenoxy) is 1. The van der Waals surface area contributed by atoms with Crippen LogP contribution in [0.15, 0.2) is 0 Å². The van der Waals surface area contributed by atoms with E-state index in [4.69, 9.17) is 9.84 Å². The Bertz CT molecular complexity index is 187. The van der Waals surface area contributed by atoms with Gasteiger partial charge in [0.1, 0.15) is 0 Å². The molecule has 0 amide bonds. The molecule has 0 aromatic heterocycles. The van der Waals surface area contributed by atoms with Crippen molar-refractivity contribution in [3.8, 4) is 0 Å². The van der Waals surface area contributed by atoms with E-state index in [-0.39, 0.29) is 36.8 Å². The fourth-order valence-electron chi connectivity index (χ4n) is 1.74. The van der Waals surface area contributed by atoms with Crippen LogP contribution in [0.1, 0.15) is 26.2 Å². The number of hydrogen-bond acceptors (Lipinski definition) is 3. The molecule has 0 aromatic carbocycles. The van der Waals surface area contributed by atoms with Crippen molar-refractivity contribution in [3.63, 3.8) is 0 Å². The topological polar surface area (TPSA) is 58.6 Å². The zero-order valence-corrected chi connectivity index (χ0v) is 11.1. The van der Waals surface area contributed by atoms with E-state index in [9.17, 15) is 4.79 Å². The van der Waals surface area contributed by atoms with Gasteiger partial charge in [-0.25, -0.2) is 0 Å². The van der Waals surface area contributed by atoms with Gasteiger partial charge >= 0.3 is 5.97 Å². The maximum absolute atomic E-state index is 11.0. The minimum absolute atomic E-state index is 0. The van der Waals surface area contributed by atoms with Crippen LogP contribution < -0.4 is 5.32 Å². The van der Waals surface area contributed by atoms with Gasteiger partial charge in [0, 0.05) is 13.1 Å². The van der Waals surface area contributed by atoms with Crippen LogP contribution in [-0.4, -0.2) is 36.9 Å². The molecule has 6 heteroatoms. The van der Waals surface area contributed by atoms with Gasteiger partial charge in [0.15, 0.2) is 0 Å². The van der Waals surface area contributed by atoms with Crippen LogP contribution in [0, 0.1) is 5.92 Å². The molecule has 0 aliphatic carbocycles. The molecule has 2 atom stereocenters. The number of carboxylic acids is 1. The van der Waals surface area contributed by atoms with Crippen molar-refractivity contribution in [2.75, 3.05) is 19.7 Å². The maximum atomic E-state index is 11.0. The lowest BCUT2D eigenvalue weighted by Gasteiger charge is -2.28. The molecular formula is C10H21Cl2NO3. The van der Waals surface area contributed by atoms with E-state index in [0.717, 1.165) is 25.8 Å². The number of carboxylic acid groups (broad SMARTS) is 1. The van der Waals surface area contributed by atoms with Gasteiger partial charge < -0.3 is 15.2 Å². The number of halogens is 2. The van der Waals surface area contributed by atoms with E-state index >= 15 is 0 Å². The fraction of sp³-hybridized carbons (Fsp3) is 0.900. The highest BCUT2D eigenvalue weighted by Gasteiger charge is 2.29. The third-order valence-corrected chi connectivity index (χ3v) is 2.59. The van der Waals surface area contributed by atoms with Crippen LogP contribution in [0.25, 0.3) is 0 Å². The fourth-order valence-corrected chi connectivity index (χ4v) is 1.74. The van der Waals surface area contributed by atoms with E-state index in [0.29, 0.717) is 13.2 Å². The molecule has 0 saturated carbocycles. The van der Waals surface area contributed by atoms with Gasteiger partial charge in [0.25, 0.3) is 0 Å². The Kier molecular flexibility index (Phi) is 11.6. The van der Waals surface area contributed by atoms with Crippen molar-refractivity contribution in [1.82, 2.24) is 5.32 Å². The van der Waals surface area contributed by atoms with Gasteiger partial charge in [-0.05, 0) is 6.42 Å². The average molecular weight is 274 g/mol. The van der Waals surface area contributed by atoms with E-state index in [2.05, 4.69) is 12.2 Å². The van der Waals surface area contributed by atoms with Crippen molar-refractivity contribution in [2.24, 2.45) is 5.92 Å². The molecule has 1 rings (SSSR count). The van der Waals surface area contributed by atoms with Crippen LogP contribution in [0.5, 0.6) is 0 Å². The largest absolute Gasteiger partial charge is 0.481 e. The summed E-state index contributed by atoms with van der Waals surface area (Å²) in [6, 6.07) is 0.